The van der Waals surface area contributed by atoms with Crippen LogP contribution in [-0.2, 0) is 0 Å². The molecule has 0 spiro atoms. The first-order valence-corrected chi connectivity index (χ1v) is 7.35. The van der Waals surface area contributed by atoms with Crippen LogP contribution in [0.5, 0.6) is 0 Å². The molecule has 1 aromatic rings. The molecule has 1 aliphatic rings. The zero-order valence-corrected chi connectivity index (χ0v) is 11.9. The summed E-state index contributed by atoms with van der Waals surface area (Å²) in [5.74, 6) is 0. The summed E-state index contributed by atoms with van der Waals surface area (Å²) in [6.07, 6.45) is 7.55. The van der Waals surface area contributed by atoms with Crippen molar-refractivity contribution in [3.8, 4) is 0 Å². The minimum atomic E-state index is -0.421. The molecule has 1 aliphatic carbocycles. The van der Waals surface area contributed by atoms with Crippen LogP contribution in [0.2, 0.25) is 0 Å². The van der Waals surface area contributed by atoms with Gasteiger partial charge in [0, 0.05) is 12.4 Å². The molecular weight excluding hydrogens is 254 g/mol. The lowest BCUT2D eigenvalue weighted by Gasteiger charge is -2.29. The first-order chi connectivity index (χ1) is 9.70. The molecule has 0 bridgehead atoms. The fraction of sp³-hybridized carbons (Fsp3) is 0.600. The molecule has 2 amide bonds. The number of aromatic nitrogens is 1. The summed E-state index contributed by atoms with van der Waals surface area (Å²) in [6.45, 7) is 2.03. The minimum Gasteiger partial charge on any atom is -0.391 e. The number of aliphatic hydroxyl groups is 1. The summed E-state index contributed by atoms with van der Waals surface area (Å²) in [6, 6.07) is 3.45. The Morgan fingerprint density at radius 1 is 1.40 bits per heavy atom. The number of amides is 2. The van der Waals surface area contributed by atoms with Crippen molar-refractivity contribution in [3.05, 3.63) is 30.1 Å². The van der Waals surface area contributed by atoms with E-state index in [-0.39, 0.29) is 18.1 Å². The van der Waals surface area contributed by atoms with Crippen LogP contribution in [0.1, 0.15) is 50.6 Å². The minimum absolute atomic E-state index is 0.0290. The molecule has 0 aromatic carbocycles. The maximum absolute atomic E-state index is 12.1. The van der Waals surface area contributed by atoms with Gasteiger partial charge in [-0.3, -0.25) is 4.98 Å². The van der Waals surface area contributed by atoms with Gasteiger partial charge in [0.1, 0.15) is 0 Å². The number of carbonyl (C=O) groups is 1. The van der Waals surface area contributed by atoms with Crippen LogP contribution in [0.4, 0.5) is 4.79 Å². The van der Waals surface area contributed by atoms with Crippen LogP contribution >= 0.6 is 0 Å². The van der Waals surface area contributed by atoms with E-state index in [1.165, 1.54) is 0 Å². The number of hydrogen-bond acceptors (Lipinski definition) is 3. The number of nitrogens with one attached hydrogen (secondary N) is 2. The Bertz CT molecular complexity index is 424. The van der Waals surface area contributed by atoms with Crippen LogP contribution < -0.4 is 10.6 Å². The molecule has 110 valence electrons. The maximum atomic E-state index is 12.1. The highest BCUT2D eigenvalue weighted by molar-refractivity contribution is 5.74. The van der Waals surface area contributed by atoms with E-state index < -0.39 is 6.10 Å². The normalized spacial score (nSPS) is 23.9. The van der Waals surface area contributed by atoms with Gasteiger partial charge in [0.05, 0.1) is 18.2 Å². The number of urea groups is 1. The third kappa shape index (κ3) is 3.93. The molecule has 3 unspecified atom stereocenters. The molecule has 1 heterocycles. The van der Waals surface area contributed by atoms with E-state index in [4.69, 9.17) is 0 Å². The van der Waals surface area contributed by atoms with Crippen LogP contribution in [0, 0.1) is 0 Å². The van der Waals surface area contributed by atoms with Crippen molar-refractivity contribution in [1.29, 1.82) is 0 Å². The highest BCUT2D eigenvalue weighted by Gasteiger charge is 2.25. The lowest BCUT2D eigenvalue weighted by atomic mass is 9.93. The number of rotatable bonds is 4. The fourth-order valence-electron chi connectivity index (χ4n) is 2.66. The fourth-order valence-corrected chi connectivity index (χ4v) is 2.66. The molecule has 0 saturated heterocycles. The quantitative estimate of drug-likeness (QED) is 0.789. The molecule has 1 saturated carbocycles. The summed E-state index contributed by atoms with van der Waals surface area (Å²) in [4.78, 5) is 16.0. The lowest BCUT2D eigenvalue weighted by molar-refractivity contribution is 0.0940. The third-order valence-corrected chi connectivity index (χ3v) is 3.87. The van der Waals surface area contributed by atoms with Crippen molar-refractivity contribution in [2.24, 2.45) is 0 Å². The van der Waals surface area contributed by atoms with Crippen LogP contribution in [0.25, 0.3) is 0 Å². The molecule has 1 fully saturated rings. The Labute approximate surface area is 119 Å². The first kappa shape index (κ1) is 14.8. The number of nitrogens with zero attached hydrogens (tertiary/aromatic N) is 1. The van der Waals surface area contributed by atoms with Gasteiger partial charge in [-0.25, -0.2) is 4.79 Å². The van der Waals surface area contributed by atoms with Crippen LogP contribution in [0.3, 0.4) is 0 Å². The molecule has 5 nitrogen and oxygen atoms in total. The summed E-state index contributed by atoms with van der Waals surface area (Å²) >= 11 is 0. The zero-order chi connectivity index (χ0) is 14.4. The van der Waals surface area contributed by atoms with Crippen molar-refractivity contribution in [2.45, 2.75) is 57.2 Å². The second kappa shape index (κ2) is 7.24. The lowest BCUT2D eigenvalue weighted by Crippen LogP contribution is -2.49. The number of carbonyl (C=O) groups excluding carboxylic acids is 1. The molecule has 2 rings (SSSR count). The van der Waals surface area contributed by atoms with Gasteiger partial charge in [0.2, 0.25) is 0 Å². The average Bonchev–Trinajstić information content (AvgIpc) is 2.48. The third-order valence-electron chi connectivity index (χ3n) is 3.87. The number of pyridine rings is 1. The Hall–Kier alpha value is -1.62. The van der Waals surface area contributed by atoms with E-state index in [9.17, 15) is 9.90 Å². The van der Waals surface area contributed by atoms with Crippen molar-refractivity contribution in [3.63, 3.8) is 0 Å². The predicted molar refractivity (Wildman–Crippen MR) is 77.2 cm³/mol. The topological polar surface area (TPSA) is 74.2 Å². The Balaban J connectivity index is 1.89. The summed E-state index contributed by atoms with van der Waals surface area (Å²) < 4.78 is 0. The molecule has 0 aliphatic heterocycles. The van der Waals surface area contributed by atoms with Crippen molar-refractivity contribution < 1.29 is 9.90 Å². The van der Waals surface area contributed by atoms with Crippen LogP contribution in [0.15, 0.2) is 24.5 Å². The van der Waals surface area contributed by atoms with Gasteiger partial charge in [0.25, 0.3) is 0 Å². The Morgan fingerprint density at radius 2 is 2.10 bits per heavy atom. The van der Waals surface area contributed by atoms with Gasteiger partial charge >= 0.3 is 6.03 Å². The van der Waals surface area contributed by atoms with E-state index in [1.807, 2.05) is 19.1 Å². The summed E-state index contributed by atoms with van der Waals surface area (Å²) in [5, 5.41) is 15.7. The smallest absolute Gasteiger partial charge is 0.315 e. The summed E-state index contributed by atoms with van der Waals surface area (Å²) in [5.41, 5.74) is 1.04. The van der Waals surface area contributed by atoms with Crippen LogP contribution in [-0.4, -0.2) is 28.3 Å². The van der Waals surface area contributed by atoms with E-state index in [0.29, 0.717) is 0 Å². The second-order valence-corrected chi connectivity index (χ2v) is 5.32. The van der Waals surface area contributed by atoms with Gasteiger partial charge < -0.3 is 15.7 Å². The monoisotopic (exact) mass is 277 g/mol. The maximum Gasteiger partial charge on any atom is 0.315 e. The van der Waals surface area contributed by atoms with Crippen molar-refractivity contribution in [2.75, 3.05) is 0 Å². The largest absolute Gasteiger partial charge is 0.391 e. The van der Waals surface area contributed by atoms with E-state index >= 15 is 0 Å². The highest BCUT2D eigenvalue weighted by atomic mass is 16.3. The first-order valence-electron chi connectivity index (χ1n) is 7.35. The molecule has 3 atom stereocenters. The van der Waals surface area contributed by atoms with Crippen molar-refractivity contribution in [1.82, 2.24) is 15.6 Å². The highest BCUT2D eigenvalue weighted by Crippen LogP contribution is 2.19. The molecule has 0 radical (unpaired) electrons. The molecule has 5 heteroatoms. The Kier molecular flexibility index (Phi) is 5.35. The second-order valence-electron chi connectivity index (χ2n) is 5.32. The van der Waals surface area contributed by atoms with Gasteiger partial charge in [-0.1, -0.05) is 19.8 Å². The van der Waals surface area contributed by atoms with Crippen molar-refractivity contribution >= 4 is 6.03 Å². The molecule has 3 N–H and O–H groups in total. The predicted octanol–water partition coefficient (Wildman–Crippen LogP) is 2.14. The standard InChI is InChI=1S/C15H23N3O2/c1-2-12(11-7-9-16-10-8-11)17-15(20)18-13-5-3-4-6-14(13)19/h7-10,12-14,19H,2-6H2,1H3,(H2,17,18,20). The van der Waals surface area contributed by atoms with Gasteiger partial charge in [0.15, 0.2) is 0 Å². The molecule has 1 aromatic heterocycles. The molecular formula is C15H23N3O2. The zero-order valence-electron chi connectivity index (χ0n) is 11.9. The SMILES string of the molecule is CCC(NC(=O)NC1CCCCC1O)c1ccncc1. The number of hydrogen-bond donors (Lipinski definition) is 3. The van der Waals surface area contributed by atoms with E-state index in [1.54, 1.807) is 12.4 Å². The average molecular weight is 277 g/mol. The molecule has 20 heavy (non-hydrogen) atoms. The van der Waals surface area contributed by atoms with E-state index in [2.05, 4.69) is 15.6 Å². The van der Waals surface area contributed by atoms with Gasteiger partial charge in [-0.05, 0) is 37.0 Å². The summed E-state index contributed by atoms with van der Waals surface area (Å²) in [7, 11) is 0. The van der Waals surface area contributed by atoms with Gasteiger partial charge in [-0.15, -0.1) is 0 Å². The van der Waals surface area contributed by atoms with E-state index in [0.717, 1.165) is 37.7 Å². The number of aliphatic hydroxyl groups excluding tert-OH is 1. The van der Waals surface area contributed by atoms with Gasteiger partial charge in [-0.2, -0.15) is 0 Å². The Morgan fingerprint density at radius 3 is 2.75 bits per heavy atom.